The molecule has 0 bridgehead atoms. The van der Waals surface area contributed by atoms with Crippen LogP contribution in [0.2, 0.25) is 10.0 Å². The molecule has 0 fully saturated rings. The van der Waals surface area contributed by atoms with Crippen LogP contribution in [0.4, 0.5) is 5.69 Å². The van der Waals surface area contributed by atoms with Crippen molar-refractivity contribution < 1.29 is 19.1 Å². The molecule has 0 aliphatic carbocycles. The Bertz CT molecular complexity index is 799. The van der Waals surface area contributed by atoms with Crippen LogP contribution in [0, 0.1) is 0 Å². The topological polar surface area (TPSA) is 64.6 Å². The molecule has 0 saturated carbocycles. The highest BCUT2D eigenvalue weighted by Crippen LogP contribution is 2.34. The second kappa shape index (κ2) is 10.9. The van der Waals surface area contributed by atoms with Gasteiger partial charge in [0, 0.05) is 11.3 Å². The number of carbonyl (C=O) groups excluding carboxylic acids is 2. The molecular weight excluding hydrogens is 401 g/mol. The molecule has 0 spiro atoms. The van der Waals surface area contributed by atoms with Gasteiger partial charge in [0.1, 0.15) is 0 Å². The number of esters is 1. The highest BCUT2D eigenvalue weighted by Gasteiger charge is 2.15. The third-order valence-electron chi connectivity index (χ3n) is 4.07. The molecule has 0 heterocycles. The lowest BCUT2D eigenvalue weighted by atomic mass is 10.1. The molecule has 2 rings (SSSR count). The molecule has 0 atom stereocenters. The molecule has 0 saturated heterocycles. The maximum absolute atomic E-state index is 12.5. The van der Waals surface area contributed by atoms with Crippen molar-refractivity contribution >= 4 is 40.8 Å². The monoisotopic (exact) mass is 423 g/mol. The summed E-state index contributed by atoms with van der Waals surface area (Å²) in [6, 6.07) is 9.40. The zero-order chi connectivity index (χ0) is 20.5. The Hall–Kier alpha value is -2.24. The predicted octanol–water partition coefficient (Wildman–Crippen LogP) is 5.99. The van der Waals surface area contributed by atoms with Crippen LogP contribution < -0.4 is 10.1 Å². The quantitative estimate of drug-likeness (QED) is 0.397. The van der Waals surface area contributed by atoms with E-state index in [9.17, 15) is 9.59 Å². The molecular formula is C21H23Cl2NO4. The normalized spacial score (nSPS) is 10.4. The van der Waals surface area contributed by atoms with Crippen molar-refractivity contribution in [2.75, 3.05) is 19.0 Å². The van der Waals surface area contributed by atoms with Crippen LogP contribution >= 0.6 is 23.2 Å². The largest absolute Gasteiger partial charge is 0.490 e. The van der Waals surface area contributed by atoms with E-state index in [1.807, 2.05) is 0 Å². The lowest BCUT2D eigenvalue weighted by Crippen LogP contribution is -2.12. The maximum Gasteiger partial charge on any atom is 0.337 e. The number of benzene rings is 2. The molecule has 5 nitrogen and oxygen atoms in total. The van der Waals surface area contributed by atoms with Gasteiger partial charge in [0.15, 0.2) is 5.75 Å². The van der Waals surface area contributed by atoms with E-state index in [0.717, 1.165) is 25.7 Å². The lowest BCUT2D eigenvalue weighted by Gasteiger charge is -2.12. The predicted molar refractivity (Wildman–Crippen MR) is 112 cm³/mol. The van der Waals surface area contributed by atoms with Crippen molar-refractivity contribution in [2.24, 2.45) is 0 Å². The Morgan fingerprint density at radius 2 is 1.61 bits per heavy atom. The summed E-state index contributed by atoms with van der Waals surface area (Å²) < 4.78 is 10.3. The molecule has 0 aliphatic rings. The highest BCUT2D eigenvalue weighted by atomic mass is 35.5. The summed E-state index contributed by atoms with van der Waals surface area (Å²) in [7, 11) is 1.31. The molecule has 7 heteroatoms. The van der Waals surface area contributed by atoms with E-state index >= 15 is 0 Å². The third kappa shape index (κ3) is 6.14. The van der Waals surface area contributed by atoms with Crippen molar-refractivity contribution in [1.82, 2.24) is 0 Å². The molecule has 0 aromatic heterocycles. The van der Waals surface area contributed by atoms with Gasteiger partial charge in [-0.15, -0.1) is 0 Å². The molecule has 1 amide bonds. The van der Waals surface area contributed by atoms with Gasteiger partial charge in [0.25, 0.3) is 5.91 Å². The van der Waals surface area contributed by atoms with Gasteiger partial charge in [0.05, 0.1) is 29.3 Å². The lowest BCUT2D eigenvalue weighted by molar-refractivity contribution is 0.0600. The number of anilines is 1. The van der Waals surface area contributed by atoms with Crippen molar-refractivity contribution in [3.63, 3.8) is 0 Å². The van der Waals surface area contributed by atoms with Gasteiger partial charge in [-0.2, -0.15) is 0 Å². The molecule has 0 radical (unpaired) electrons. The van der Waals surface area contributed by atoms with Crippen molar-refractivity contribution in [2.45, 2.75) is 32.6 Å². The standard InChI is InChI=1S/C21H23Cl2NO4/c1-3-4-5-6-11-28-19-17(22)12-15(13-18(19)23)20(25)24-16-9-7-14(8-10-16)21(26)27-2/h7-10,12-13H,3-6,11H2,1-2H3,(H,24,25). The van der Waals surface area contributed by atoms with E-state index in [-0.39, 0.29) is 16.0 Å². The Morgan fingerprint density at radius 1 is 0.964 bits per heavy atom. The Balaban J connectivity index is 2.02. The first-order valence-electron chi connectivity index (χ1n) is 9.07. The zero-order valence-corrected chi connectivity index (χ0v) is 17.4. The molecule has 2 aromatic rings. The van der Waals surface area contributed by atoms with E-state index in [2.05, 4.69) is 17.0 Å². The second-order valence-electron chi connectivity index (χ2n) is 6.20. The molecule has 1 N–H and O–H groups in total. The van der Waals surface area contributed by atoms with Gasteiger partial charge < -0.3 is 14.8 Å². The summed E-state index contributed by atoms with van der Waals surface area (Å²) in [6.07, 6.45) is 4.31. The maximum atomic E-state index is 12.5. The van der Waals surface area contributed by atoms with E-state index < -0.39 is 5.97 Å². The fourth-order valence-corrected chi connectivity index (χ4v) is 3.14. The molecule has 150 valence electrons. The molecule has 0 aliphatic heterocycles. The summed E-state index contributed by atoms with van der Waals surface area (Å²) in [5.74, 6) is -0.426. The number of ether oxygens (including phenoxy) is 2. The van der Waals surface area contributed by atoms with Crippen LogP contribution in [0.5, 0.6) is 5.75 Å². The van der Waals surface area contributed by atoms with Gasteiger partial charge in [-0.25, -0.2) is 4.79 Å². The number of hydrogen-bond donors (Lipinski definition) is 1. The van der Waals surface area contributed by atoms with Crippen LogP contribution in [-0.2, 0) is 4.74 Å². The first-order chi connectivity index (χ1) is 13.5. The Morgan fingerprint density at radius 3 is 2.18 bits per heavy atom. The SMILES string of the molecule is CCCCCCOc1c(Cl)cc(C(=O)Nc2ccc(C(=O)OC)cc2)cc1Cl. The second-order valence-corrected chi connectivity index (χ2v) is 7.02. The van der Waals surface area contributed by atoms with Crippen LogP contribution in [0.1, 0.15) is 53.3 Å². The van der Waals surface area contributed by atoms with Crippen molar-refractivity contribution in [3.05, 3.63) is 57.6 Å². The third-order valence-corrected chi connectivity index (χ3v) is 4.63. The average Bonchev–Trinajstić information content (AvgIpc) is 2.69. The molecule has 0 unspecified atom stereocenters. The summed E-state index contributed by atoms with van der Waals surface area (Å²) in [4.78, 5) is 23.9. The van der Waals surface area contributed by atoms with Gasteiger partial charge in [-0.3, -0.25) is 4.79 Å². The van der Waals surface area contributed by atoms with Gasteiger partial charge >= 0.3 is 5.97 Å². The summed E-state index contributed by atoms with van der Waals surface area (Å²) in [6.45, 7) is 2.67. The number of unbranched alkanes of at least 4 members (excludes halogenated alkanes) is 3. The van der Waals surface area contributed by atoms with Gasteiger partial charge in [0.2, 0.25) is 0 Å². The smallest absolute Gasteiger partial charge is 0.337 e. The van der Waals surface area contributed by atoms with Crippen molar-refractivity contribution in [1.29, 1.82) is 0 Å². The minimum absolute atomic E-state index is 0.286. The van der Waals surface area contributed by atoms with E-state index in [4.69, 9.17) is 27.9 Å². The minimum Gasteiger partial charge on any atom is -0.490 e. The number of halogens is 2. The molecule has 2 aromatic carbocycles. The minimum atomic E-state index is -0.443. The number of hydrogen-bond acceptors (Lipinski definition) is 4. The number of carbonyl (C=O) groups is 2. The number of nitrogens with one attached hydrogen (secondary N) is 1. The number of amides is 1. The summed E-state index contributed by atoms with van der Waals surface area (Å²) in [5.41, 5.74) is 1.23. The Labute approximate surface area is 174 Å². The first-order valence-corrected chi connectivity index (χ1v) is 9.83. The van der Waals surface area contributed by atoms with Crippen LogP contribution in [0.3, 0.4) is 0 Å². The van der Waals surface area contributed by atoms with Crippen LogP contribution in [-0.4, -0.2) is 25.6 Å². The van der Waals surface area contributed by atoms with Crippen molar-refractivity contribution in [3.8, 4) is 5.75 Å². The van der Waals surface area contributed by atoms with E-state index in [1.54, 1.807) is 24.3 Å². The zero-order valence-electron chi connectivity index (χ0n) is 15.9. The van der Waals surface area contributed by atoms with Gasteiger partial charge in [-0.1, -0.05) is 49.4 Å². The fourth-order valence-electron chi connectivity index (χ4n) is 2.54. The first kappa shape index (κ1) is 22.1. The van der Waals surface area contributed by atoms with E-state index in [0.29, 0.717) is 29.2 Å². The summed E-state index contributed by atoms with van der Waals surface area (Å²) >= 11 is 12.5. The van der Waals surface area contributed by atoms with Crippen LogP contribution in [0.25, 0.3) is 0 Å². The average molecular weight is 424 g/mol. The Kier molecular flexibility index (Phi) is 8.61. The van der Waals surface area contributed by atoms with E-state index in [1.165, 1.54) is 19.2 Å². The molecule has 28 heavy (non-hydrogen) atoms. The fraction of sp³-hybridized carbons (Fsp3) is 0.333. The highest BCUT2D eigenvalue weighted by molar-refractivity contribution is 6.37. The number of methoxy groups -OCH3 is 1. The summed E-state index contributed by atoms with van der Waals surface area (Å²) in [5, 5.41) is 3.31. The van der Waals surface area contributed by atoms with Crippen LogP contribution in [0.15, 0.2) is 36.4 Å². The number of rotatable bonds is 9. The van der Waals surface area contributed by atoms with Gasteiger partial charge in [-0.05, 0) is 42.8 Å².